The molecule has 0 aliphatic heterocycles. The van der Waals surface area contributed by atoms with Crippen LogP contribution in [0, 0.1) is 23.7 Å². The van der Waals surface area contributed by atoms with Gasteiger partial charge >= 0.3 is 0 Å². The van der Waals surface area contributed by atoms with E-state index in [9.17, 15) is 0 Å². The summed E-state index contributed by atoms with van der Waals surface area (Å²) in [5.74, 6) is 3.78. The van der Waals surface area contributed by atoms with Crippen LogP contribution in [-0.4, -0.2) is 6.54 Å². The smallest absolute Gasteiger partial charge is 0.0126 e. The van der Waals surface area contributed by atoms with Crippen LogP contribution in [0.3, 0.4) is 0 Å². The summed E-state index contributed by atoms with van der Waals surface area (Å²) in [5.41, 5.74) is 12.7. The molecule has 0 aromatic carbocycles. The van der Waals surface area contributed by atoms with Crippen molar-refractivity contribution in [1.29, 1.82) is 0 Å². The van der Waals surface area contributed by atoms with Crippen molar-refractivity contribution < 1.29 is 0 Å². The van der Waals surface area contributed by atoms with E-state index >= 15 is 0 Å². The van der Waals surface area contributed by atoms with E-state index in [-0.39, 0.29) is 0 Å². The number of hydrogen-bond donors (Lipinski definition) is 2. The Morgan fingerprint density at radius 1 is 1.00 bits per heavy atom. The van der Waals surface area contributed by atoms with Gasteiger partial charge in [-0.3, -0.25) is 0 Å². The molecule has 4 N–H and O–H groups in total. The fraction of sp³-hybridized carbons (Fsp3) is 0.895. The average molecular weight is 293 g/mol. The molecular formula is C19H36N2. The molecule has 0 aromatic heterocycles. The largest absolute Gasteiger partial charge is 0.402 e. The molecule has 2 rings (SSSR count). The maximum Gasteiger partial charge on any atom is 0.0126 e. The van der Waals surface area contributed by atoms with Crippen LogP contribution in [-0.2, 0) is 0 Å². The molecule has 1 atom stereocenters. The number of rotatable bonds is 6. The Hall–Kier alpha value is -0.500. The Labute approximate surface area is 131 Å². The lowest BCUT2D eigenvalue weighted by Gasteiger charge is -2.38. The highest BCUT2D eigenvalue weighted by atomic mass is 14.6. The first-order valence-electron chi connectivity index (χ1n) is 9.39. The molecule has 0 heterocycles. The first kappa shape index (κ1) is 16.9. The van der Waals surface area contributed by atoms with Crippen molar-refractivity contribution in [1.82, 2.24) is 0 Å². The molecule has 2 nitrogen and oxygen atoms in total. The van der Waals surface area contributed by atoms with Crippen LogP contribution in [0.4, 0.5) is 0 Å². The molecule has 2 fully saturated rings. The van der Waals surface area contributed by atoms with Crippen molar-refractivity contribution >= 4 is 0 Å². The van der Waals surface area contributed by atoms with E-state index in [2.05, 4.69) is 6.92 Å². The van der Waals surface area contributed by atoms with Crippen LogP contribution in [0.15, 0.2) is 11.8 Å². The first-order chi connectivity index (χ1) is 10.2. The topological polar surface area (TPSA) is 52.0 Å². The SMILES string of the molecule is CCC(C/C(N)=C\CN)C1CCC(C2CCCCC2)CC1. The zero-order valence-corrected chi connectivity index (χ0v) is 14.0. The van der Waals surface area contributed by atoms with Crippen molar-refractivity contribution in [3.8, 4) is 0 Å². The lowest BCUT2D eigenvalue weighted by Crippen LogP contribution is -2.27. The average Bonchev–Trinajstić information content (AvgIpc) is 2.54. The normalized spacial score (nSPS) is 30.3. The zero-order valence-electron chi connectivity index (χ0n) is 14.0. The van der Waals surface area contributed by atoms with Gasteiger partial charge in [-0.2, -0.15) is 0 Å². The number of allylic oxidation sites excluding steroid dienone is 1. The molecule has 2 saturated carbocycles. The van der Waals surface area contributed by atoms with Crippen LogP contribution < -0.4 is 11.5 Å². The maximum absolute atomic E-state index is 6.09. The summed E-state index contributed by atoms with van der Waals surface area (Å²) in [6, 6.07) is 0. The van der Waals surface area contributed by atoms with E-state index in [1.165, 1.54) is 64.2 Å². The summed E-state index contributed by atoms with van der Waals surface area (Å²) < 4.78 is 0. The minimum atomic E-state index is 0.580. The third-order valence-corrected chi connectivity index (χ3v) is 6.20. The Morgan fingerprint density at radius 2 is 1.62 bits per heavy atom. The fourth-order valence-corrected chi connectivity index (χ4v) is 4.88. The van der Waals surface area contributed by atoms with Gasteiger partial charge in [-0.1, -0.05) is 51.5 Å². The van der Waals surface area contributed by atoms with Gasteiger partial charge in [0.2, 0.25) is 0 Å². The Kier molecular flexibility index (Phi) is 7.09. The van der Waals surface area contributed by atoms with Gasteiger partial charge in [0.15, 0.2) is 0 Å². The first-order valence-corrected chi connectivity index (χ1v) is 9.39. The lowest BCUT2D eigenvalue weighted by atomic mass is 9.68. The van der Waals surface area contributed by atoms with E-state index in [4.69, 9.17) is 11.5 Å². The molecule has 0 spiro atoms. The molecule has 0 bridgehead atoms. The minimum Gasteiger partial charge on any atom is -0.402 e. The van der Waals surface area contributed by atoms with Gasteiger partial charge in [-0.25, -0.2) is 0 Å². The predicted molar refractivity (Wildman–Crippen MR) is 91.7 cm³/mol. The highest BCUT2D eigenvalue weighted by molar-refractivity contribution is 4.99. The van der Waals surface area contributed by atoms with Crippen LogP contribution in [0.25, 0.3) is 0 Å². The second-order valence-electron chi connectivity index (χ2n) is 7.46. The predicted octanol–water partition coefficient (Wildman–Crippen LogP) is 4.59. The second-order valence-corrected chi connectivity index (χ2v) is 7.46. The monoisotopic (exact) mass is 292 g/mol. The molecule has 2 aliphatic rings. The Balaban J connectivity index is 1.79. The van der Waals surface area contributed by atoms with E-state index in [0.717, 1.165) is 35.8 Å². The van der Waals surface area contributed by atoms with Crippen molar-refractivity contribution in [2.24, 2.45) is 35.1 Å². The highest BCUT2D eigenvalue weighted by Gasteiger charge is 2.31. The van der Waals surface area contributed by atoms with E-state index in [1.54, 1.807) is 0 Å². The van der Waals surface area contributed by atoms with Crippen LogP contribution in [0.5, 0.6) is 0 Å². The van der Waals surface area contributed by atoms with Gasteiger partial charge in [-0.05, 0) is 55.8 Å². The molecule has 1 unspecified atom stereocenters. The molecule has 2 heteroatoms. The molecule has 21 heavy (non-hydrogen) atoms. The maximum atomic E-state index is 6.09. The van der Waals surface area contributed by atoms with E-state index < -0.39 is 0 Å². The third kappa shape index (κ3) is 5.02. The van der Waals surface area contributed by atoms with Gasteiger partial charge in [0.1, 0.15) is 0 Å². The third-order valence-electron chi connectivity index (χ3n) is 6.20. The van der Waals surface area contributed by atoms with Crippen LogP contribution >= 0.6 is 0 Å². The quantitative estimate of drug-likeness (QED) is 0.752. The van der Waals surface area contributed by atoms with Gasteiger partial charge in [0.05, 0.1) is 0 Å². The van der Waals surface area contributed by atoms with E-state index in [1.807, 2.05) is 6.08 Å². The van der Waals surface area contributed by atoms with E-state index in [0.29, 0.717) is 6.54 Å². The molecule has 0 saturated heterocycles. The van der Waals surface area contributed by atoms with Crippen molar-refractivity contribution in [2.45, 2.75) is 77.6 Å². The standard InChI is InChI=1S/C19H36N2/c1-2-15(14-19(21)12-13-20)17-8-10-18(11-9-17)16-6-4-3-5-7-16/h12,15-18H,2-11,13-14,20-21H2,1H3/b19-12+. The lowest BCUT2D eigenvalue weighted by molar-refractivity contribution is 0.137. The summed E-state index contributed by atoms with van der Waals surface area (Å²) in [6.45, 7) is 2.91. The molecule has 0 aromatic rings. The van der Waals surface area contributed by atoms with Gasteiger partial charge in [-0.15, -0.1) is 0 Å². The van der Waals surface area contributed by atoms with Crippen LogP contribution in [0.1, 0.15) is 77.6 Å². The highest BCUT2D eigenvalue weighted by Crippen LogP contribution is 2.43. The van der Waals surface area contributed by atoms with Crippen molar-refractivity contribution in [2.75, 3.05) is 6.54 Å². The Morgan fingerprint density at radius 3 is 2.19 bits per heavy atom. The minimum absolute atomic E-state index is 0.580. The summed E-state index contributed by atoms with van der Waals surface area (Å²) in [6.07, 6.45) is 17.6. The van der Waals surface area contributed by atoms with Gasteiger partial charge in [0.25, 0.3) is 0 Å². The van der Waals surface area contributed by atoms with Crippen LogP contribution in [0.2, 0.25) is 0 Å². The molecule has 0 amide bonds. The summed E-state index contributed by atoms with van der Waals surface area (Å²) >= 11 is 0. The number of hydrogen-bond acceptors (Lipinski definition) is 2. The molecule has 122 valence electrons. The summed E-state index contributed by atoms with van der Waals surface area (Å²) in [7, 11) is 0. The zero-order chi connectivity index (χ0) is 15.1. The molecule has 0 radical (unpaired) electrons. The van der Waals surface area contributed by atoms with Crippen molar-refractivity contribution in [3.63, 3.8) is 0 Å². The summed E-state index contributed by atoms with van der Waals surface area (Å²) in [4.78, 5) is 0. The summed E-state index contributed by atoms with van der Waals surface area (Å²) in [5, 5.41) is 0. The van der Waals surface area contributed by atoms with Gasteiger partial charge < -0.3 is 11.5 Å². The molecule has 2 aliphatic carbocycles. The second kappa shape index (κ2) is 8.82. The fourth-order valence-electron chi connectivity index (χ4n) is 4.88. The molecular weight excluding hydrogens is 256 g/mol. The number of nitrogens with two attached hydrogens (primary N) is 2. The van der Waals surface area contributed by atoms with Gasteiger partial charge in [0, 0.05) is 12.2 Å². The van der Waals surface area contributed by atoms with Crippen molar-refractivity contribution in [3.05, 3.63) is 11.8 Å². The Bertz CT molecular complexity index is 310.